The Hall–Kier alpha value is -1.26. The van der Waals surface area contributed by atoms with Gasteiger partial charge in [0.15, 0.2) is 0 Å². The molecule has 0 amide bonds. The van der Waals surface area contributed by atoms with E-state index in [1.807, 2.05) is 12.1 Å². The van der Waals surface area contributed by atoms with E-state index in [9.17, 15) is 0 Å². The summed E-state index contributed by atoms with van der Waals surface area (Å²) in [6.45, 7) is 0. The standard InChI is InChI=1S/C12H18N2O2/c1-15-7-5-9-8(11(6-7)16-2)3-4-10(13)12(9)14/h5-6,10,12H,3-4,13-14H2,1-2H3/t10-,12-/m1/s1. The van der Waals surface area contributed by atoms with Gasteiger partial charge in [0.1, 0.15) is 11.5 Å². The van der Waals surface area contributed by atoms with Crippen LogP contribution < -0.4 is 20.9 Å². The van der Waals surface area contributed by atoms with E-state index in [-0.39, 0.29) is 12.1 Å². The highest BCUT2D eigenvalue weighted by molar-refractivity contribution is 5.49. The fourth-order valence-corrected chi connectivity index (χ4v) is 2.23. The molecule has 0 radical (unpaired) electrons. The Balaban J connectivity index is 2.52. The average molecular weight is 222 g/mol. The van der Waals surface area contributed by atoms with E-state index in [0.29, 0.717) is 0 Å². The van der Waals surface area contributed by atoms with Crippen molar-refractivity contribution >= 4 is 0 Å². The molecule has 4 N–H and O–H groups in total. The van der Waals surface area contributed by atoms with Crippen LogP contribution in [0, 0.1) is 0 Å². The van der Waals surface area contributed by atoms with Crippen LogP contribution in [0.1, 0.15) is 23.6 Å². The monoisotopic (exact) mass is 222 g/mol. The lowest BCUT2D eigenvalue weighted by molar-refractivity contribution is 0.380. The van der Waals surface area contributed by atoms with Crippen LogP contribution in [0.4, 0.5) is 0 Å². The van der Waals surface area contributed by atoms with Gasteiger partial charge in [-0.05, 0) is 30.0 Å². The number of hydrogen-bond donors (Lipinski definition) is 2. The van der Waals surface area contributed by atoms with Crippen molar-refractivity contribution in [1.82, 2.24) is 0 Å². The van der Waals surface area contributed by atoms with Gasteiger partial charge in [-0.1, -0.05) is 0 Å². The molecule has 1 aliphatic rings. The number of nitrogens with two attached hydrogens (primary N) is 2. The number of rotatable bonds is 2. The Morgan fingerprint density at radius 2 is 1.94 bits per heavy atom. The highest BCUT2D eigenvalue weighted by atomic mass is 16.5. The van der Waals surface area contributed by atoms with E-state index < -0.39 is 0 Å². The van der Waals surface area contributed by atoms with Gasteiger partial charge in [-0.15, -0.1) is 0 Å². The summed E-state index contributed by atoms with van der Waals surface area (Å²) in [7, 11) is 3.30. The van der Waals surface area contributed by atoms with Crippen LogP contribution in [0.15, 0.2) is 12.1 Å². The predicted molar refractivity (Wildman–Crippen MR) is 62.8 cm³/mol. The van der Waals surface area contributed by atoms with Gasteiger partial charge in [-0.3, -0.25) is 0 Å². The largest absolute Gasteiger partial charge is 0.497 e. The van der Waals surface area contributed by atoms with E-state index in [1.54, 1.807) is 14.2 Å². The zero-order chi connectivity index (χ0) is 11.7. The molecule has 0 saturated carbocycles. The van der Waals surface area contributed by atoms with E-state index >= 15 is 0 Å². The van der Waals surface area contributed by atoms with Crippen LogP contribution >= 0.6 is 0 Å². The summed E-state index contributed by atoms with van der Waals surface area (Å²) in [4.78, 5) is 0. The fraction of sp³-hybridized carbons (Fsp3) is 0.500. The number of fused-ring (bicyclic) bond motifs is 1. The van der Waals surface area contributed by atoms with Crippen molar-refractivity contribution in [2.45, 2.75) is 24.9 Å². The first-order valence-corrected chi connectivity index (χ1v) is 5.43. The Labute approximate surface area is 95.5 Å². The van der Waals surface area contributed by atoms with Gasteiger partial charge in [0.2, 0.25) is 0 Å². The van der Waals surface area contributed by atoms with Crippen LogP contribution in [0.2, 0.25) is 0 Å². The molecule has 1 aromatic carbocycles. The fourth-order valence-electron chi connectivity index (χ4n) is 2.23. The minimum absolute atomic E-state index is 0.0179. The number of methoxy groups -OCH3 is 2. The summed E-state index contributed by atoms with van der Waals surface area (Å²) >= 11 is 0. The highest BCUT2D eigenvalue weighted by Gasteiger charge is 2.26. The van der Waals surface area contributed by atoms with E-state index in [0.717, 1.165) is 35.5 Å². The van der Waals surface area contributed by atoms with Crippen LogP contribution in [0.5, 0.6) is 11.5 Å². The molecular formula is C12H18N2O2. The molecule has 88 valence electrons. The van der Waals surface area contributed by atoms with Gasteiger partial charge in [0.05, 0.1) is 14.2 Å². The Bertz CT molecular complexity index is 393. The zero-order valence-corrected chi connectivity index (χ0v) is 9.69. The maximum absolute atomic E-state index is 6.10. The van der Waals surface area contributed by atoms with Crippen molar-refractivity contribution in [2.75, 3.05) is 14.2 Å². The second-order valence-corrected chi connectivity index (χ2v) is 4.13. The average Bonchev–Trinajstić information content (AvgIpc) is 2.32. The van der Waals surface area contributed by atoms with Gasteiger partial charge in [0.25, 0.3) is 0 Å². The lowest BCUT2D eigenvalue weighted by Crippen LogP contribution is -2.38. The predicted octanol–water partition coefficient (Wildman–Crippen LogP) is 0.977. The molecule has 1 aliphatic carbocycles. The third-order valence-corrected chi connectivity index (χ3v) is 3.22. The van der Waals surface area contributed by atoms with Crippen LogP contribution in [0.3, 0.4) is 0 Å². The Morgan fingerprint density at radius 3 is 2.56 bits per heavy atom. The molecule has 2 atom stereocenters. The van der Waals surface area contributed by atoms with Crippen molar-refractivity contribution in [2.24, 2.45) is 11.5 Å². The SMILES string of the molecule is COc1cc(OC)c2c(c1)[C@@H](N)[C@H](N)CC2. The molecule has 4 heteroatoms. The summed E-state index contributed by atoms with van der Waals surface area (Å²) in [6, 6.07) is 3.74. The maximum Gasteiger partial charge on any atom is 0.126 e. The first-order valence-electron chi connectivity index (χ1n) is 5.43. The Kier molecular flexibility index (Phi) is 3.03. The third kappa shape index (κ3) is 1.74. The summed E-state index contributed by atoms with van der Waals surface area (Å²) in [6.07, 6.45) is 1.81. The third-order valence-electron chi connectivity index (χ3n) is 3.22. The van der Waals surface area contributed by atoms with Crippen LogP contribution in [-0.2, 0) is 6.42 Å². The van der Waals surface area contributed by atoms with Crippen LogP contribution in [0.25, 0.3) is 0 Å². The minimum atomic E-state index is -0.132. The lowest BCUT2D eigenvalue weighted by atomic mass is 9.84. The quantitative estimate of drug-likeness (QED) is 0.782. The van der Waals surface area contributed by atoms with Crippen molar-refractivity contribution in [3.63, 3.8) is 0 Å². The second kappa shape index (κ2) is 4.31. The van der Waals surface area contributed by atoms with E-state index in [4.69, 9.17) is 20.9 Å². The molecule has 0 unspecified atom stereocenters. The first kappa shape index (κ1) is 11.2. The normalized spacial score (nSPS) is 23.8. The molecule has 0 aliphatic heterocycles. The van der Waals surface area contributed by atoms with Gasteiger partial charge < -0.3 is 20.9 Å². The molecule has 4 nitrogen and oxygen atoms in total. The smallest absolute Gasteiger partial charge is 0.126 e. The summed E-state index contributed by atoms with van der Waals surface area (Å²) in [5, 5.41) is 0. The van der Waals surface area contributed by atoms with E-state index in [2.05, 4.69) is 0 Å². The molecule has 2 rings (SSSR count). The van der Waals surface area contributed by atoms with Crippen molar-refractivity contribution in [3.8, 4) is 11.5 Å². The molecule has 0 spiro atoms. The molecule has 0 aromatic heterocycles. The zero-order valence-electron chi connectivity index (χ0n) is 9.69. The summed E-state index contributed by atoms with van der Waals surface area (Å²) in [5.74, 6) is 1.61. The summed E-state index contributed by atoms with van der Waals surface area (Å²) in [5.41, 5.74) is 14.3. The molecule has 1 aromatic rings. The molecule has 0 fully saturated rings. The van der Waals surface area contributed by atoms with Gasteiger partial charge in [0, 0.05) is 18.2 Å². The first-order chi connectivity index (χ1) is 7.67. The number of ether oxygens (including phenoxy) is 2. The number of benzene rings is 1. The topological polar surface area (TPSA) is 70.5 Å². The summed E-state index contributed by atoms with van der Waals surface area (Å²) < 4.78 is 10.6. The highest BCUT2D eigenvalue weighted by Crippen LogP contribution is 2.37. The second-order valence-electron chi connectivity index (χ2n) is 4.13. The Morgan fingerprint density at radius 1 is 1.19 bits per heavy atom. The molecule has 0 heterocycles. The number of hydrogen-bond acceptors (Lipinski definition) is 4. The van der Waals surface area contributed by atoms with Gasteiger partial charge in [-0.25, -0.2) is 0 Å². The van der Waals surface area contributed by atoms with Crippen LogP contribution in [-0.4, -0.2) is 20.3 Å². The van der Waals surface area contributed by atoms with E-state index in [1.165, 1.54) is 0 Å². The molecular weight excluding hydrogens is 204 g/mol. The van der Waals surface area contributed by atoms with Gasteiger partial charge in [-0.2, -0.15) is 0 Å². The van der Waals surface area contributed by atoms with Crippen molar-refractivity contribution < 1.29 is 9.47 Å². The van der Waals surface area contributed by atoms with Crippen molar-refractivity contribution in [3.05, 3.63) is 23.3 Å². The lowest BCUT2D eigenvalue weighted by Gasteiger charge is -2.29. The van der Waals surface area contributed by atoms with Crippen molar-refractivity contribution in [1.29, 1.82) is 0 Å². The molecule has 0 saturated heterocycles. The molecule has 16 heavy (non-hydrogen) atoms. The maximum atomic E-state index is 6.10. The minimum Gasteiger partial charge on any atom is -0.497 e. The molecule has 0 bridgehead atoms. The van der Waals surface area contributed by atoms with Gasteiger partial charge >= 0.3 is 0 Å².